The molecule has 0 bridgehead atoms. The highest BCUT2D eigenvalue weighted by Gasteiger charge is 2.23. The van der Waals surface area contributed by atoms with E-state index in [2.05, 4.69) is 44.6 Å². The van der Waals surface area contributed by atoms with Crippen LogP contribution in [0.5, 0.6) is 0 Å². The van der Waals surface area contributed by atoms with Gasteiger partial charge >= 0.3 is 6.09 Å². The van der Waals surface area contributed by atoms with Crippen molar-refractivity contribution in [2.75, 3.05) is 13.7 Å². The number of nitrogens with one attached hydrogen (secondary N) is 2. The first kappa shape index (κ1) is 31.6. The Morgan fingerprint density at radius 1 is 0.913 bits per heavy atom. The Kier molecular flexibility index (Phi) is 10.2. The van der Waals surface area contributed by atoms with E-state index < -0.39 is 23.9 Å². The van der Waals surface area contributed by atoms with Crippen molar-refractivity contribution in [3.05, 3.63) is 90.8 Å². The van der Waals surface area contributed by atoms with Crippen LogP contribution in [0.1, 0.15) is 31.4 Å². The number of fused-ring (bicyclic) bond motifs is 2. The van der Waals surface area contributed by atoms with Crippen LogP contribution in [0.3, 0.4) is 0 Å². The smallest absolute Gasteiger partial charge is 0.407 e. The molecule has 6 N–H and O–H groups in total. The van der Waals surface area contributed by atoms with Crippen molar-refractivity contribution in [3.63, 3.8) is 0 Å². The molecule has 0 saturated carbocycles. The highest BCUT2D eigenvalue weighted by atomic mass is 16.5. The van der Waals surface area contributed by atoms with Crippen LogP contribution >= 0.6 is 0 Å². The molecule has 46 heavy (non-hydrogen) atoms. The Bertz CT molecular complexity index is 1800. The quantitative estimate of drug-likeness (QED) is 0.0918. The van der Waals surface area contributed by atoms with Crippen molar-refractivity contribution >= 4 is 45.4 Å². The number of hydrogen-bond donors (Lipinski definition) is 4. The first-order chi connectivity index (χ1) is 22.3. The molecule has 3 amide bonds. The number of hydrogen-bond acceptors (Lipinski definition) is 7. The third kappa shape index (κ3) is 8.03. The SMILES string of the molecule is COC(=O)N[C@@H](CCCN=C(N)N)C(=O)NC(=O)CCCc1cc(-c2cc3ccccc3cn2)n(-c2ccc3ccccc3c2)n1. The number of nitrogens with two attached hydrogens (primary N) is 2. The highest BCUT2D eigenvalue weighted by molar-refractivity contribution is 5.98. The summed E-state index contributed by atoms with van der Waals surface area (Å²) in [6.45, 7) is 0.269. The zero-order chi connectivity index (χ0) is 32.5. The molecule has 1 atom stereocenters. The average molecular weight is 621 g/mol. The molecule has 0 spiro atoms. The van der Waals surface area contributed by atoms with Gasteiger partial charge in [-0.05, 0) is 66.1 Å². The summed E-state index contributed by atoms with van der Waals surface area (Å²) in [5, 5.41) is 14.1. The van der Waals surface area contributed by atoms with Gasteiger partial charge in [0.2, 0.25) is 11.8 Å². The number of carbonyl (C=O) groups is 3. The molecule has 0 aliphatic carbocycles. The van der Waals surface area contributed by atoms with Gasteiger partial charge in [-0.25, -0.2) is 9.48 Å². The molecule has 0 fully saturated rings. The lowest BCUT2D eigenvalue weighted by Crippen LogP contribution is -2.48. The Labute approximate surface area is 265 Å². The second kappa shape index (κ2) is 14.8. The van der Waals surface area contributed by atoms with Crippen molar-refractivity contribution in [1.29, 1.82) is 0 Å². The van der Waals surface area contributed by atoms with E-state index >= 15 is 0 Å². The van der Waals surface area contributed by atoms with Crippen molar-refractivity contribution in [1.82, 2.24) is 25.4 Å². The molecule has 0 unspecified atom stereocenters. The van der Waals surface area contributed by atoms with Gasteiger partial charge in [0.1, 0.15) is 6.04 Å². The zero-order valence-corrected chi connectivity index (χ0v) is 25.5. The van der Waals surface area contributed by atoms with Crippen molar-refractivity contribution in [2.24, 2.45) is 16.5 Å². The molecular formula is C34H36N8O4. The van der Waals surface area contributed by atoms with Crippen molar-refractivity contribution in [2.45, 2.75) is 38.1 Å². The normalized spacial score (nSPS) is 11.6. The van der Waals surface area contributed by atoms with E-state index in [0.29, 0.717) is 19.3 Å². The molecule has 0 aliphatic heterocycles. The topological polar surface area (TPSA) is 180 Å². The monoisotopic (exact) mass is 620 g/mol. The molecule has 5 rings (SSSR count). The number of guanidine groups is 1. The number of aryl methyl sites for hydroxylation is 1. The predicted octanol–water partition coefficient (Wildman–Crippen LogP) is 3.98. The molecule has 0 radical (unpaired) electrons. The van der Waals surface area contributed by atoms with Gasteiger partial charge in [0.15, 0.2) is 5.96 Å². The molecule has 5 aromatic rings. The highest BCUT2D eigenvalue weighted by Crippen LogP contribution is 2.27. The summed E-state index contributed by atoms with van der Waals surface area (Å²) < 4.78 is 6.50. The van der Waals surface area contributed by atoms with Crippen LogP contribution in [-0.4, -0.2) is 58.3 Å². The Balaban J connectivity index is 1.29. The van der Waals surface area contributed by atoms with E-state index in [1.165, 1.54) is 7.11 Å². The number of methoxy groups -OCH3 is 1. The van der Waals surface area contributed by atoms with Crippen LogP contribution in [0.4, 0.5) is 4.79 Å². The molecule has 2 aromatic heterocycles. The third-order valence-electron chi connectivity index (χ3n) is 7.47. The van der Waals surface area contributed by atoms with Gasteiger partial charge in [-0.2, -0.15) is 5.10 Å². The van der Waals surface area contributed by atoms with Crippen LogP contribution in [0.15, 0.2) is 90.1 Å². The van der Waals surface area contributed by atoms with Gasteiger partial charge in [0.25, 0.3) is 0 Å². The van der Waals surface area contributed by atoms with E-state index in [-0.39, 0.29) is 25.3 Å². The number of aliphatic imine (C=N–C) groups is 1. The fraction of sp³-hybridized carbons (Fsp3) is 0.235. The van der Waals surface area contributed by atoms with Gasteiger partial charge in [-0.1, -0.05) is 54.6 Å². The van der Waals surface area contributed by atoms with E-state index in [9.17, 15) is 14.4 Å². The number of aromatic nitrogens is 3. The van der Waals surface area contributed by atoms with Gasteiger partial charge in [0, 0.05) is 24.5 Å². The van der Waals surface area contributed by atoms with Crippen LogP contribution < -0.4 is 22.1 Å². The molecular weight excluding hydrogens is 584 g/mol. The summed E-state index contributed by atoms with van der Waals surface area (Å²) in [5.41, 5.74) is 14.0. The molecule has 0 aliphatic rings. The van der Waals surface area contributed by atoms with E-state index in [1.54, 1.807) is 0 Å². The number of ether oxygens (including phenoxy) is 1. The number of alkyl carbamates (subject to hydrolysis) is 1. The van der Waals surface area contributed by atoms with Gasteiger partial charge < -0.3 is 21.5 Å². The Morgan fingerprint density at radius 3 is 2.37 bits per heavy atom. The fourth-order valence-corrected chi connectivity index (χ4v) is 5.15. The number of nitrogens with zero attached hydrogens (tertiary/aromatic N) is 4. The standard InChI is InChI=1S/C34H36N8O4/c1-46-34(45)39-28(13-7-17-37-33(35)36)32(44)40-31(43)14-6-12-26-20-30(29-19-24-10-4-5-11-25(24)21-38-29)42(41-26)27-16-15-22-8-2-3-9-23(22)18-27/h2-5,8-11,15-16,18-21,28H,6-7,12-14,17H2,1H3,(H,39,45)(H4,35,36,37)(H,40,43,44)/t28-/m0/s1. The number of carbonyl (C=O) groups excluding carboxylic acids is 3. The van der Waals surface area contributed by atoms with Crippen LogP contribution in [0.2, 0.25) is 0 Å². The zero-order valence-electron chi connectivity index (χ0n) is 25.5. The van der Waals surface area contributed by atoms with Gasteiger partial charge in [-0.15, -0.1) is 0 Å². The summed E-state index contributed by atoms with van der Waals surface area (Å²) in [6, 6.07) is 25.4. The minimum atomic E-state index is -0.986. The maximum Gasteiger partial charge on any atom is 0.407 e. The molecule has 3 aromatic carbocycles. The first-order valence-corrected chi connectivity index (χ1v) is 15.0. The number of pyridine rings is 1. The lowest BCUT2D eigenvalue weighted by atomic mass is 10.1. The summed E-state index contributed by atoms with van der Waals surface area (Å²) >= 11 is 0. The second-order valence-electron chi connectivity index (χ2n) is 10.8. The fourth-order valence-electron chi connectivity index (χ4n) is 5.15. The van der Waals surface area contributed by atoms with E-state index in [0.717, 1.165) is 44.3 Å². The molecule has 0 saturated heterocycles. The van der Waals surface area contributed by atoms with Crippen molar-refractivity contribution < 1.29 is 19.1 Å². The van der Waals surface area contributed by atoms with Crippen LogP contribution in [-0.2, 0) is 20.7 Å². The Hall–Kier alpha value is -5.78. The van der Waals surface area contributed by atoms with Crippen LogP contribution in [0, 0.1) is 0 Å². The number of imide groups is 1. The van der Waals surface area contributed by atoms with E-state index in [1.807, 2.05) is 65.5 Å². The number of rotatable bonds is 12. The predicted molar refractivity (Wildman–Crippen MR) is 177 cm³/mol. The van der Waals surface area contributed by atoms with Crippen molar-refractivity contribution in [3.8, 4) is 17.1 Å². The lowest BCUT2D eigenvalue weighted by Gasteiger charge is -2.16. The summed E-state index contributed by atoms with van der Waals surface area (Å²) in [7, 11) is 1.19. The molecule has 12 heteroatoms. The molecule has 2 heterocycles. The number of amides is 3. The van der Waals surface area contributed by atoms with E-state index in [4.69, 9.17) is 21.5 Å². The third-order valence-corrected chi connectivity index (χ3v) is 7.47. The van der Waals surface area contributed by atoms with Crippen LogP contribution in [0.25, 0.3) is 38.6 Å². The minimum absolute atomic E-state index is 0.0696. The number of benzene rings is 3. The van der Waals surface area contributed by atoms with Gasteiger partial charge in [-0.3, -0.25) is 24.9 Å². The second-order valence-corrected chi connectivity index (χ2v) is 10.8. The summed E-state index contributed by atoms with van der Waals surface area (Å²) in [5.74, 6) is -1.17. The van der Waals surface area contributed by atoms with Gasteiger partial charge in [0.05, 0.1) is 29.9 Å². The average Bonchev–Trinajstić information content (AvgIpc) is 3.49. The molecule has 12 nitrogen and oxygen atoms in total. The minimum Gasteiger partial charge on any atom is -0.453 e. The summed E-state index contributed by atoms with van der Waals surface area (Å²) in [4.78, 5) is 45.9. The molecule has 236 valence electrons. The lowest BCUT2D eigenvalue weighted by molar-refractivity contribution is -0.131. The first-order valence-electron chi connectivity index (χ1n) is 15.0. The maximum absolute atomic E-state index is 12.8. The summed E-state index contributed by atoms with van der Waals surface area (Å²) in [6.07, 6.45) is 2.70. The Morgan fingerprint density at radius 2 is 1.63 bits per heavy atom. The maximum atomic E-state index is 12.8. The largest absolute Gasteiger partial charge is 0.453 e.